The van der Waals surface area contributed by atoms with Crippen molar-refractivity contribution >= 4 is 46.4 Å². The van der Waals surface area contributed by atoms with Crippen molar-refractivity contribution in [2.24, 2.45) is 15.9 Å². The molecule has 1 atom stereocenters. The topological polar surface area (TPSA) is 61.8 Å². The summed E-state index contributed by atoms with van der Waals surface area (Å²) in [5.41, 5.74) is 0.378. The van der Waals surface area contributed by atoms with Gasteiger partial charge < -0.3 is 5.32 Å². The molecule has 0 aromatic heterocycles. The molecule has 0 bridgehead atoms. The van der Waals surface area contributed by atoms with Gasteiger partial charge in [-0.25, -0.2) is 9.80 Å². The number of ketones is 1. The van der Waals surface area contributed by atoms with Crippen LogP contribution in [-0.4, -0.2) is 29.1 Å². The molecule has 0 saturated carbocycles. The van der Waals surface area contributed by atoms with E-state index in [1.54, 1.807) is 36.4 Å². The van der Waals surface area contributed by atoms with Crippen LogP contribution < -0.4 is 5.32 Å². The molecule has 1 aliphatic rings. The molecular formula is C22H23Cl2N3O2. The lowest BCUT2D eigenvalue weighted by atomic mass is 9.69. The van der Waals surface area contributed by atoms with Crippen molar-refractivity contribution in [2.45, 2.75) is 27.7 Å². The number of nitrogens with one attached hydrogen (secondary N) is 1. The average Bonchev–Trinajstić information content (AvgIpc) is 3.02. The maximum absolute atomic E-state index is 13.3. The van der Waals surface area contributed by atoms with Crippen molar-refractivity contribution < 1.29 is 9.59 Å². The van der Waals surface area contributed by atoms with Gasteiger partial charge in [0.15, 0.2) is 5.78 Å². The molecule has 29 heavy (non-hydrogen) atoms. The van der Waals surface area contributed by atoms with Gasteiger partial charge >= 0.3 is 6.03 Å². The SMILES string of the molecule is CC(C)(C)C(=O)C1(C)CN(C(=O)Nc2ccc(Cl)cc2)N=C1c1ccc(Cl)cc1. The number of nitrogens with zero attached hydrogens (tertiary/aromatic N) is 2. The summed E-state index contributed by atoms with van der Waals surface area (Å²) >= 11 is 11.9. The van der Waals surface area contributed by atoms with Crippen molar-refractivity contribution in [1.82, 2.24) is 5.01 Å². The van der Waals surface area contributed by atoms with Gasteiger partial charge in [-0.3, -0.25) is 4.79 Å². The largest absolute Gasteiger partial charge is 0.342 e. The minimum atomic E-state index is -0.941. The van der Waals surface area contributed by atoms with Gasteiger partial charge in [-0.2, -0.15) is 5.10 Å². The molecule has 5 nitrogen and oxygen atoms in total. The van der Waals surface area contributed by atoms with Crippen molar-refractivity contribution in [1.29, 1.82) is 0 Å². The first-order valence-electron chi connectivity index (χ1n) is 9.25. The highest BCUT2D eigenvalue weighted by molar-refractivity contribution is 6.31. The number of amides is 2. The molecule has 0 radical (unpaired) electrons. The van der Waals surface area contributed by atoms with Crippen molar-refractivity contribution in [3.05, 3.63) is 64.1 Å². The Hall–Kier alpha value is -2.37. The van der Waals surface area contributed by atoms with E-state index in [2.05, 4.69) is 10.4 Å². The Morgan fingerprint density at radius 2 is 1.52 bits per heavy atom. The number of hydrazone groups is 1. The summed E-state index contributed by atoms with van der Waals surface area (Å²) in [6, 6.07) is 13.5. The van der Waals surface area contributed by atoms with Gasteiger partial charge in [0, 0.05) is 21.1 Å². The van der Waals surface area contributed by atoms with Crippen molar-refractivity contribution in [2.75, 3.05) is 11.9 Å². The van der Waals surface area contributed by atoms with Gasteiger partial charge in [0.05, 0.1) is 17.7 Å². The molecule has 1 heterocycles. The zero-order valence-electron chi connectivity index (χ0n) is 16.8. The molecular weight excluding hydrogens is 409 g/mol. The van der Waals surface area contributed by atoms with Gasteiger partial charge in [0.2, 0.25) is 0 Å². The van der Waals surface area contributed by atoms with E-state index in [9.17, 15) is 9.59 Å². The quantitative estimate of drug-likeness (QED) is 0.660. The number of urea groups is 1. The molecule has 7 heteroatoms. The predicted molar refractivity (Wildman–Crippen MR) is 118 cm³/mol. The maximum Gasteiger partial charge on any atom is 0.342 e. The molecule has 1 aliphatic heterocycles. The Kier molecular flexibility index (Phi) is 5.74. The second-order valence-corrected chi connectivity index (χ2v) is 9.23. The number of rotatable bonds is 3. The second-order valence-electron chi connectivity index (χ2n) is 8.36. The first kappa shape index (κ1) is 21.3. The highest BCUT2D eigenvalue weighted by Crippen LogP contribution is 2.38. The van der Waals surface area contributed by atoms with Crippen LogP contribution in [0.15, 0.2) is 53.6 Å². The fourth-order valence-corrected chi connectivity index (χ4v) is 3.72. The molecule has 2 aromatic carbocycles. The summed E-state index contributed by atoms with van der Waals surface area (Å²) < 4.78 is 0. The molecule has 152 valence electrons. The lowest BCUT2D eigenvalue weighted by Crippen LogP contribution is -2.46. The first-order valence-corrected chi connectivity index (χ1v) is 10.0. The van der Waals surface area contributed by atoms with E-state index in [1.165, 1.54) is 5.01 Å². The maximum atomic E-state index is 13.3. The smallest absolute Gasteiger partial charge is 0.306 e. The summed E-state index contributed by atoms with van der Waals surface area (Å²) in [6.07, 6.45) is 0. The molecule has 0 spiro atoms. The van der Waals surface area contributed by atoms with Crippen LogP contribution in [-0.2, 0) is 4.79 Å². The molecule has 0 aliphatic carbocycles. The van der Waals surface area contributed by atoms with Gasteiger partial charge in [-0.1, -0.05) is 56.1 Å². The number of Topliss-reactive ketones (excluding diaryl/α,β-unsaturated/α-hetero) is 1. The third kappa shape index (κ3) is 4.46. The summed E-state index contributed by atoms with van der Waals surface area (Å²) in [7, 11) is 0. The van der Waals surface area contributed by atoms with E-state index < -0.39 is 16.9 Å². The first-order chi connectivity index (χ1) is 13.5. The summed E-state index contributed by atoms with van der Waals surface area (Å²) in [6.45, 7) is 7.60. The zero-order valence-corrected chi connectivity index (χ0v) is 18.3. The average molecular weight is 432 g/mol. The molecule has 1 N–H and O–H groups in total. The van der Waals surface area contributed by atoms with Gasteiger partial charge in [-0.15, -0.1) is 0 Å². The van der Waals surface area contributed by atoms with Gasteiger partial charge in [0.1, 0.15) is 0 Å². The van der Waals surface area contributed by atoms with Crippen LogP contribution in [0.5, 0.6) is 0 Å². The lowest BCUT2D eigenvalue weighted by molar-refractivity contribution is -0.132. The van der Waals surface area contributed by atoms with Crippen molar-refractivity contribution in [3.8, 4) is 0 Å². The normalized spacial score (nSPS) is 19.1. The van der Waals surface area contributed by atoms with Crippen molar-refractivity contribution in [3.63, 3.8) is 0 Å². The minimum absolute atomic E-state index is 0.0143. The minimum Gasteiger partial charge on any atom is -0.306 e. The number of hydrogen-bond acceptors (Lipinski definition) is 3. The summed E-state index contributed by atoms with van der Waals surface area (Å²) in [4.78, 5) is 26.2. The number of benzene rings is 2. The number of carbonyl (C=O) groups excluding carboxylic acids is 2. The number of anilines is 1. The van der Waals surface area contributed by atoms with Crippen LogP contribution in [0.25, 0.3) is 0 Å². The molecule has 3 rings (SSSR count). The number of halogens is 2. The van der Waals surface area contributed by atoms with E-state index in [4.69, 9.17) is 23.2 Å². The summed E-state index contributed by atoms with van der Waals surface area (Å²) in [5, 5.41) is 9.81. The van der Waals surface area contributed by atoms with Crippen LogP contribution in [0.1, 0.15) is 33.3 Å². The highest BCUT2D eigenvalue weighted by atomic mass is 35.5. The van der Waals surface area contributed by atoms with Crippen LogP contribution in [0.2, 0.25) is 10.0 Å². The van der Waals surface area contributed by atoms with Gasteiger partial charge in [0.25, 0.3) is 0 Å². The van der Waals surface area contributed by atoms with E-state index in [1.807, 2.05) is 39.8 Å². The van der Waals surface area contributed by atoms with E-state index in [0.717, 1.165) is 5.56 Å². The Bertz CT molecular complexity index is 963. The fraction of sp³-hybridized carbons (Fsp3) is 0.318. The van der Waals surface area contributed by atoms with E-state index >= 15 is 0 Å². The zero-order chi connectivity index (χ0) is 21.4. The van der Waals surface area contributed by atoms with Crippen LogP contribution in [0.4, 0.5) is 10.5 Å². The van der Waals surface area contributed by atoms with Crippen LogP contribution in [0.3, 0.4) is 0 Å². The van der Waals surface area contributed by atoms with Gasteiger partial charge in [-0.05, 0) is 48.9 Å². The Balaban J connectivity index is 1.95. The molecule has 0 fully saturated rings. The molecule has 2 aromatic rings. The van der Waals surface area contributed by atoms with E-state index in [-0.39, 0.29) is 12.3 Å². The Labute approximate surface area is 180 Å². The third-order valence-electron chi connectivity index (χ3n) is 4.84. The van der Waals surface area contributed by atoms with Crippen LogP contribution >= 0.6 is 23.2 Å². The summed E-state index contributed by atoms with van der Waals surface area (Å²) in [5.74, 6) is 0.0143. The Morgan fingerprint density at radius 3 is 2.03 bits per heavy atom. The second kappa shape index (κ2) is 7.81. The fourth-order valence-electron chi connectivity index (χ4n) is 3.47. The van der Waals surface area contributed by atoms with Crippen LogP contribution in [0, 0.1) is 10.8 Å². The lowest BCUT2D eigenvalue weighted by Gasteiger charge is -2.31. The monoisotopic (exact) mass is 431 g/mol. The Morgan fingerprint density at radius 1 is 1.00 bits per heavy atom. The number of hydrogen-bond donors (Lipinski definition) is 1. The highest BCUT2D eigenvalue weighted by Gasteiger charge is 2.50. The molecule has 2 amide bonds. The molecule has 0 saturated heterocycles. The third-order valence-corrected chi connectivity index (χ3v) is 5.34. The van der Waals surface area contributed by atoms with E-state index in [0.29, 0.717) is 21.4 Å². The standard InChI is InChI=1S/C22H23Cl2N3O2/c1-21(2,3)19(28)22(4)13-27(20(29)25-17-11-9-16(24)10-12-17)26-18(22)14-5-7-15(23)8-6-14/h5-12H,13H2,1-4H3,(H,25,29). The molecule has 1 unspecified atom stereocenters. The number of carbonyl (C=O) groups is 2. The predicted octanol–water partition coefficient (Wildman–Crippen LogP) is 5.87.